The molecule has 0 aromatic rings. The average Bonchev–Trinajstić information content (AvgIpc) is 2.04. The van der Waals surface area contributed by atoms with Gasteiger partial charge >= 0.3 is 0 Å². The molecule has 0 rings (SSSR count). The molecule has 0 saturated carbocycles. The van der Waals surface area contributed by atoms with Crippen LogP contribution in [0.4, 0.5) is 0 Å². The molecular weight excluding hydrogens is 158 g/mol. The van der Waals surface area contributed by atoms with Crippen molar-refractivity contribution in [3.05, 3.63) is 12.2 Å². The highest BCUT2D eigenvalue weighted by Gasteiger charge is 2.06. The van der Waals surface area contributed by atoms with Gasteiger partial charge in [0.05, 0.1) is 0 Å². The first-order valence-electron chi connectivity index (χ1n) is 5.49. The molecule has 0 spiro atoms. The number of nitrogens with one attached hydrogen (secondary N) is 1. The summed E-state index contributed by atoms with van der Waals surface area (Å²) < 4.78 is 0. The molecule has 1 unspecified atom stereocenters. The van der Waals surface area contributed by atoms with Gasteiger partial charge in [-0.05, 0) is 45.7 Å². The van der Waals surface area contributed by atoms with E-state index >= 15 is 0 Å². The summed E-state index contributed by atoms with van der Waals surface area (Å²) in [6, 6.07) is 0. The zero-order valence-corrected chi connectivity index (χ0v) is 9.53. The van der Waals surface area contributed by atoms with Gasteiger partial charge in [-0.3, -0.25) is 0 Å². The van der Waals surface area contributed by atoms with Crippen molar-refractivity contribution in [1.29, 1.82) is 0 Å². The second-order valence-corrected chi connectivity index (χ2v) is 4.06. The Hall–Kier alpha value is -0.300. The van der Waals surface area contributed by atoms with Gasteiger partial charge in [0.25, 0.3) is 0 Å². The maximum atomic E-state index is 3.99. The van der Waals surface area contributed by atoms with Crippen molar-refractivity contribution in [2.75, 3.05) is 13.6 Å². The Labute approximate surface area is 83.6 Å². The lowest BCUT2D eigenvalue weighted by Crippen LogP contribution is -2.10. The van der Waals surface area contributed by atoms with Crippen molar-refractivity contribution < 1.29 is 0 Å². The summed E-state index contributed by atoms with van der Waals surface area (Å²) in [5.41, 5.74) is 1.34. The van der Waals surface area contributed by atoms with Crippen LogP contribution < -0.4 is 5.32 Å². The number of hydrogen-bond acceptors (Lipinski definition) is 1. The number of hydrogen-bond donors (Lipinski definition) is 1. The van der Waals surface area contributed by atoms with Crippen molar-refractivity contribution in [2.24, 2.45) is 5.92 Å². The molecule has 0 heterocycles. The van der Waals surface area contributed by atoms with Gasteiger partial charge in [0, 0.05) is 0 Å². The maximum absolute atomic E-state index is 3.99. The molecule has 1 heteroatoms. The van der Waals surface area contributed by atoms with Crippen molar-refractivity contribution in [2.45, 2.75) is 46.0 Å². The Balaban J connectivity index is 3.59. The van der Waals surface area contributed by atoms with Gasteiger partial charge in [-0.2, -0.15) is 0 Å². The van der Waals surface area contributed by atoms with E-state index in [1.165, 1.54) is 37.7 Å². The molecule has 78 valence electrons. The Bertz CT molecular complexity index is 129. The van der Waals surface area contributed by atoms with E-state index in [1.807, 2.05) is 7.05 Å². The minimum absolute atomic E-state index is 0.871. The zero-order chi connectivity index (χ0) is 10.1. The zero-order valence-electron chi connectivity index (χ0n) is 9.53. The SMILES string of the molecule is C=C(C)CC(CCC)CCCNC. The third kappa shape index (κ3) is 8.04. The highest BCUT2D eigenvalue weighted by atomic mass is 14.8. The van der Waals surface area contributed by atoms with Crippen LogP contribution in [0.5, 0.6) is 0 Å². The normalized spacial score (nSPS) is 12.8. The fourth-order valence-electron chi connectivity index (χ4n) is 1.82. The van der Waals surface area contributed by atoms with Gasteiger partial charge in [0.1, 0.15) is 0 Å². The predicted octanol–water partition coefficient (Wildman–Crippen LogP) is 3.37. The van der Waals surface area contributed by atoms with Crippen LogP contribution in [-0.4, -0.2) is 13.6 Å². The second kappa shape index (κ2) is 8.31. The molecule has 0 aliphatic carbocycles. The molecule has 1 nitrogen and oxygen atoms in total. The minimum Gasteiger partial charge on any atom is -0.320 e. The van der Waals surface area contributed by atoms with E-state index in [0.717, 1.165) is 12.5 Å². The topological polar surface area (TPSA) is 12.0 Å². The predicted molar refractivity (Wildman–Crippen MR) is 61.0 cm³/mol. The molecule has 0 aromatic carbocycles. The lowest BCUT2D eigenvalue weighted by molar-refractivity contribution is 0.425. The first kappa shape index (κ1) is 12.7. The van der Waals surface area contributed by atoms with E-state index < -0.39 is 0 Å². The van der Waals surface area contributed by atoms with E-state index in [1.54, 1.807) is 0 Å². The fourth-order valence-corrected chi connectivity index (χ4v) is 1.82. The molecule has 0 bridgehead atoms. The molecule has 0 saturated heterocycles. The van der Waals surface area contributed by atoms with Crippen molar-refractivity contribution in [3.63, 3.8) is 0 Å². The summed E-state index contributed by atoms with van der Waals surface area (Å²) in [6.45, 7) is 9.55. The van der Waals surface area contributed by atoms with Crippen LogP contribution in [0.25, 0.3) is 0 Å². The molecule has 0 fully saturated rings. The second-order valence-electron chi connectivity index (χ2n) is 4.06. The standard InChI is InChI=1S/C12H25N/c1-5-7-12(10-11(2)3)8-6-9-13-4/h12-13H,2,5-10H2,1,3-4H3. The van der Waals surface area contributed by atoms with Crippen LogP contribution in [0.2, 0.25) is 0 Å². The Morgan fingerprint density at radius 3 is 2.54 bits per heavy atom. The van der Waals surface area contributed by atoms with Crippen LogP contribution in [-0.2, 0) is 0 Å². The third-order valence-corrected chi connectivity index (χ3v) is 2.37. The van der Waals surface area contributed by atoms with Crippen molar-refractivity contribution in [3.8, 4) is 0 Å². The van der Waals surface area contributed by atoms with Gasteiger partial charge < -0.3 is 5.32 Å². The largest absolute Gasteiger partial charge is 0.320 e. The molecular formula is C12H25N. The van der Waals surface area contributed by atoms with E-state index in [0.29, 0.717) is 0 Å². The molecule has 0 radical (unpaired) electrons. The van der Waals surface area contributed by atoms with Crippen molar-refractivity contribution >= 4 is 0 Å². The summed E-state index contributed by atoms with van der Waals surface area (Å²) >= 11 is 0. The molecule has 0 aliphatic heterocycles. The van der Waals surface area contributed by atoms with Crippen LogP contribution in [0.3, 0.4) is 0 Å². The van der Waals surface area contributed by atoms with Crippen LogP contribution in [0, 0.1) is 5.92 Å². The average molecular weight is 183 g/mol. The van der Waals surface area contributed by atoms with E-state index in [-0.39, 0.29) is 0 Å². The maximum Gasteiger partial charge on any atom is -0.00518 e. The summed E-state index contributed by atoms with van der Waals surface area (Å²) in [7, 11) is 2.02. The minimum atomic E-state index is 0.871. The van der Waals surface area contributed by atoms with E-state index in [9.17, 15) is 0 Å². The lowest BCUT2D eigenvalue weighted by atomic mass is 9.92. The summed E-state index contributed by atoms with van der Waals surface area (Å²) in [4.78, 5) is 0. The third-order valence-electron chi connectivity index (χ3n) is 2.37. The first-order chi connectivity index (χ1) is 6.20. The molecule has 1 atom stereocenters. The van der Waals surface area contributed by atoms with Crippen molar-refractivity contribution in [1.82, 2.24) is 5.32 Å². The lowest BCUT2D eigenvalue weighted by Gasteiger charge is -2.15. The van der Waals surface area contributed by atoms with Gasteiger partial charge in [-0.15, -0.1) is 6.58 Å². The van der Waals surface area contributed by atoms with Crippen LogP contribution in [0.15, 0.2) is 12.2 Å². The number of rotatable bonds is 8. The molecule has 13 heavy (non-hydrogen) atoms. The van der Waals surface area contributed by atoms with Gasteiger partial charge in [-0.25, -0.2) is 0 Å². The number of allylic oxidation sites excluding steroid dienone is 1. The Kier molecular flexibility index (Phi) is 8.11. The van der Waals surface area contributed by atoms with Gasteiger partial charge in [0.2, 0.25) is 0 Å². The van der Waals surface area contributed by atoms with Gasteiger partial charge in [-0.1, -0.05) is 25.3 Å². The fraction of sp³-hybridized carbons (Fsp3) is 0.833. The Morgan fingerprint density at radius 2 is 2.08 bits per heavy atom. The van der Waals surface area contributed by atoms with E-state index in [4.69, 9.17) is 0 Å². The van der Waals surface area contributed by atoms with Crippen LogP contribution in [0.1, 0.15) is 46.0 Å². The van der Waals surface area contributed by atoms with Gasteiger partial charge in [0.15, 0.2) is 0 Å². The highest BCUT2D eigenvalue weighted by Crippen LogP contribution is 2.20. The molecule has 1 N–H and O–H groups in total. The summed E-state index contributed by atoms with van der Waals surface area (Å²) in [5.74, 6) is 0.871. The summed E-state index contributed by atoms with van der Waals surface area (Å²) in [6.07, 6.45) is 6.53. The molecule has 0 amide bonds. The highest BCUT2D eigenvalue weighted by molar-refractivity contribution is 4.90. The Morgan fingerprint density at radius 1 is 1.38 bits per heavy atom. The van der Waals surface area contributed by atoms with E-state index in [2.05, 4.69) is 25.7 Å². The molecule has 0 aromatic heterocycles. The first-order valence-corrected chi connectivity index (χ1v) is 5.49. The smallest absolute Gasteiger partial charge is 0.00518 e. The monoisotopic (exact) mass is 183 g/mol. The van der Waals surface area contributed by atoms with Crippen LogP contribution >= 0.6 is 0 Å². The quantitative estimate of drug-likeness (QED) is 0.449. The summed E-state index contributed by atoms with van der Waals surface area (Å²) in [5, 5.41) is 3.20. The molecule has 0 aliphatic rings.